The van der Waals surface area contributed by atoms with E-state index in [4.69, 9.17) is 4.74 Å². The molecule has 1 aromatic carbocycles. The predicted molar refractivity (Wildman–Crippen MR) is 114 cm³/mol. The molecule has 4 atom stereocenters. The zero-order valence-electron chi connectivity index (χ0n) is 18.0. The van der Waals surface area contributed by atoms with Crippen molar-refractivity contribution in [1.82, 2.24) is 10.9 Å². The maximum atomic E-state index is 12.9. The van der Waals surface area contributed by atoms with E-state index in [2.05, 4.69) is 10.9 Å². The summed E-state index contributed by atoms with van der Waals surface area (Å²) >= 11 is 0. The number of fused-ring (bicyclic) bond motifs is 2. The van der Waals surface area contributed by atoms with E-state index in [9.17, 15) is 19.5 Å². The largest absolute Gasteiger partial charge is 0.490 e. The first-order chi connectivity index (χ1) is 14.9. The molecule has 0 aromatic heterocycles. The minimum Gasteiger partial charge on any atom is -0.490 e. The fourth-order valence-electron chi connectivity index (χ4n) is 5.76. The van der Waals surface area contributed by atoms with Crippen LogP contribution in [0.25, 0.3) is 0 Å². The molecule has 3 aliphatic carbocycles. The van der Waals surface area contributed by atoms with E-state index < -0.39 is 29.6 Å². The van der Waals surface area contributed by atoms with Crippen molar-refractivity contribution < 1.29 is 24.2 Å². The summed E-state index contributed by atoms with van der Waals surface area (Å²) in [5.41, 5.74) is 7.51. The van der Waals surface area contributed by atoms with Gasteiger partial charge in [-0.1, -0.05) is 11.1 Å². The quantitative estimate of drug-likeness (QED) is 0.494. The van der Waals surface area contributed by atoms with E-state index in [0.29, 0.717) is 5.56 Å². The Labute approximate surface area is 182 Å². The van der Waals surface area contributed by atoms with Gasteiger partial charge in [0.15, 0.2) is 0 Å². The van der Waals surface area contributed by atoms with E-state index in [1.165, 1.54) is 12.8 Å². The number of hydrogen-bond donors (Lipinski definition) is 3. The van der Waals surface area contributed by atoms with Crippen LogP contribution < -0.4 is 15.6 Å². The Morgan fingerprint density at radius 2 is 1.52 bits per heavy atom. The normalized spacial score (nSPS) is 27.2. The molecule has 4 rings (SSSR count). The summed E-state index contributed by atoms with van der Waals surface area (Å²) in [6.07, 6.45) is 6.34. The first-order valence-electron chi connectivity index (χ1n) is 11.1. The number of carboxylic acids is 1. The highest BCUT2D eigenvalue weighted by Crippen LogP contribution is 2.57. The van der Waals surface area contributed by atoms with Crippen molar-refractivity contribution >= 4 is 17.8 Å². The Bertz CT molecular complexity index is 897. The number of ether oxygens (including phenoxy) is 1. The van der Waals surface area contributed by atoms with Gasteiger partial charge in [0.25, 0.3) is 5.91 Å². The van der Waals surface area contributed by atoms with Gasteiger partial charge in [0, 0.05) is 5.56 Å². The molecule has 0 aliphatic heterocycles. The summed E-state index contributed by atoms with van der Waals surface area (Å²) in [4.78, 5) is 37.2. The number of allylic oxidation sites excluding steroid dienone is 2. The lowest BCUT2D eigenvalue weighted by atomic mass is 9.79. The second kappa shape index (κ2) is 8.73. The fraction of sp³-hybridized carbons (Fsp3) is 0.542. The minimum atomic E-state index is -0.949. The molecule has 0 unspecified atom stereocenters. The van der Waals surface area contributed by atoms with Crippen LogP contribution in [0.3, 0.4) is 0 Å². The van der Waals surface area contributed by atoms with Gasteiger partial charge in [0.1, 0.15) is 5.75 Å². The number of carbonyl (C=O) groups is 3. The highest BCUT2D eigenvalue weighted by Gasteiger charge is 2.57. The average molecular weight is 427 g/mol. The lowest BCUT2D eigenvalue weighted by Crippen LogP contribution is -2.48. The number of hydrogen-bond acceptors (Lipinski definition) is 4. The predicted octanol–water partition coefficient (Wildman–Crippen LogP) is 3.46. The molecule has 0 heterocycles. The molecule has 1 aromatic rings. The van der Waals surface area contributed by atoms with Crippen LogP contribution in [-0.4, -0.2) is 29.0 Å². The number of rotatable bonds is 5. The van der Waals surface area contributed by atoms with Gasteiger partial charge in [0.05, 0.1) is 17.9 Å². The summed E-state index contributed by atoms with van der Waals surface area (Å²) in [5.74, 6) is -2.67. The van der Waals surface area contributed by atoms with Gasteiger partial charge in [-0.05, 0) is 88.5 Å². The second-order valence-electron chi connectivity index (χ2n) is 9.13. The number of hydrazine groups is 1. The molecule has 166 valence electrons. The molecule has 3 aliphatic rings. The molecule has 3 fully saturated rings. The van der Waals surface area contributed by atoms with Gasteiger partial charge >= 0.3 is 5.97 Å². The molecular weight excluding hydrogens is 396 g/mol. The number of benzene rings is 1. The molecule has 7 nitrogen and oxygen atoms in total. The third kappa shape index (κ3) is 4.18. The Morgan fingerprint density at radius 3 is 2.10 bits per heavy atom. The number of amides is 2. The van der Waals surface area contributed by atoms with Crippen LogP contribution in [0.5, 0.6) is 5.75 Å². The van der Waals surface area contributed by atoms with Crippen LogP contribution in [0, 0.1) is 23.7 Å². The van der Waals surface area contributed by atoms with Crippen molar-refractivity contribution in [3.63, 3.8) is 0 Å². The Hall–Kier alpha value is -2.83. The van der Waals surface area contributed by atoms with Crippen LogP contribution in [0.2, 0.25) is 0 Å². The Morgan fingerprint density at radius 1 is 0.903 bits per heavy atom. The number of carbonyl (C=O) groups excluding carboxylic acids is 2. The van der Waals surface area contributed by atoms with Gasteiger partial charge in [0.2, 0.25) is 5.91 Å². The Kier molecular flexibility index (Phi) is 6.03. The van der Waals surface area contributed by atoms with Crippen molar-refractivity contribution in [2.45, 2.75) is 58.5 Å². The summed E-state index contributed by atoms with van der Waals surface area (Å²) in [6, 6.07) is 6.83. The van der Waals surface area contributed by atoms with Crippen molar-refractivity contribution in [2.75, 3.05) is 0 Å². The van der Waals surface area contributed by atoms with Crippen LogP contribution >= 0.6 is 0 Å². The maximum absolute atomic E-state index is 12.9. The van der Waals surface area contributed by atoms with Gasteiger partial charge in [-0.3, -0.25) is 25.2 Å². The highest BCUT2D eigenvalue weighted by molar-refractivity contribution is 5.96. The monoisotopic (exact) mass is 426 g/mol. The third-order valence-corrected chi connectivity index (χ3v) is 7.03. The van der Waals surface area contributed by atoms with Crippen molar-refractivity contribution in [3.8, 4) is 5.75 Å². The zero-order valence-corrected chi connectivity index (χ0v) is 18.0. The minimum absolute atomic E-state index is 0.0694. The molecular formula is C24H30N2O5. The fourth-order valence-corrected chi connectivity index (χ4v) is 5.76. The molecule has 31 heavy (non-hydrogen) atoms. The van der Waals surface area contributed by atoms with E-state index in [0.717, 1.165) is 42.6 Å². The van der Waals surface area contributed by atoms with E-state index in [1.807, 2.05) is 13.8 Å². The smallest absolute Gasteiger partial charge is 0.307 e. The van der Waals surface area contributed by atoms with Gasteiger partial charge in [-0.25, -0.2) is 0 Å². The van der Waals surface area contributed by atoms with Gasteiger partial charge < -0.3 is 9.84 Å². The zero-order chi connectivity index (χ0) is 22.1. The highest BCUT2D eigenvalue weighted by atomic mass is 16.5. The van der Waals surface area contributed by atoms with E-state index in [1.54, 1.807) is 24.3 Å². The Balaban J connectivity index is 1.37. The van der Waals surface area contributed by atoms with E-state index >= 15 is 0 Å². The van der Waals surface area contributed by atoms with Crippen LogP contribution in [-0.2, 0) is 9.59 Å². The average Bonchev–Trinajstić information content (AvgIpc) is 3.47. The molecule has 0 saturated heterocycles. The summed E-state index contributed by atoms with van der Waals surface area (Å²) in [5, 5.41) is 9.74. The molecule has 0 radical (unpaired) electrons. The first-order valence-corrected chi connectivity index (χ1v) is 11.1. The first kappa shape index (κ1) is 21.4. The number of carboxylic acid groups (broad SMARTS) is 1. The SMILES string of the molecule is CC(C)=C1[C@H]2CC[C@@H]1[C@@H](C(=O)O)[C@@H]2C(=O)NNC(=O)c1ccc(OC2CCCC2)cc1. The lowest BCUT2D eigenvalue weighted by Gasteiger charge is -2.26. The molecule has 3 saturated carbocycles. The van der Waals surface area contributed by atoms with E-state index in [-0.39, 0.29) is 17.9 Å². The third-order valence-electron chi connectivity index (χ3n) is 7.03. The van der Waals surface area contributed by atoms with Gasteiger partial charge in [-0.15, -0.1) is 0 Å². The van der Waals surface area contributed by atoms with Crippen LogP contribution in [0.1, 0.15) is 62.7 Å². The molecule has 0 spiro atoms. The number of nitrogens with one attached hydrogen (secondary N) is 2. The van der Waals surface area contributed by atoms with Crippen LogP contribution in [0.15, 0.2) is 35.4 Å². The topological polar surface area (TPSA) is 105 Å². The van der Waals surface area contributed by atoms with Gasteiger partial charge in [-0.2, -0.15) is 0 Å². The van der Waals surface area contributed by atoms with Crippen molar-refractivity contribution in [3.05, 3.63) is 41.0 Å². The molecule has 7 heteroatoms. The second-order valence-corrected chi connectivity index (χ2v) is 9.13. The molecule has 2 bridgehead atoms. The number of aliphatic carboxylic acids is 1. The summed E-state index contributed by atoms with van der Waals surface area (Å²) in [6.45, 7) is 3.95. The summed E-state index contributed by atoms with van der Waals surface area (Å²) < 4.78 is 5.91. The van der Waals surface area contributed by atoms with Crippen LogP contribution in [0.4, 0.5) is 0 Å². The van der Waals surface area contributed by atoms with Crippen molar-refractivity contribution in [2.24, 2.45) is 23.7 Å². The molecule has 3 N–H and O–H groups in total. The lowest BCUT2D eigenvalue weighted by molar-refractivity contribution is -0.149. The maximum Gasteiger partial charge on any atom is 0.307 e. The van der Waals surface area contributed by atoms with Crippen molar-refractivity contribution in [1.29, 1.82) is 0 Å². The molecule has 2 amide bonds. The standard InChI is InChI=1S/C24H30N2O5/c1-13(2)19-17-11-12-18(19)21(24(29)30)20(17)23(28)26-25-22(27)14-7-9-16(10-8-14)31-15-5-3-4-6-15/h7-10,15,17-18,20-21H,3-6,11-12H2,1-2H3,(H,25,27)(H,26,28)(H,29,30)/t17-,18+,20-,21-/m1/s1. The summed E-state index contributed by atoms with van der Waals surface area (Å²) in [7, 11) is 0.